The lowest BCUT2D eigenvalue weighted by atomic mass is 9.86. The molecule has 0 heterocycles. The van der Waals surface area contributed by atoms with Crippen LogP contribution in [0.5, 0.6) is 0 Å². The van der Waals surface area contributed by atoms with E-state index in [2.05, 4.69) is 21.2 Å². The number of hydrogen-bond donors (Lipinski definition) is 1. The molecule has 19 heavy (non-hydrogen) atoms. The van der Waals surface area contributed by atoms with Gasteiger partial charge in [-0.25, -0.2) is 8.78 Å². The number of amides is 1. The van der Waals surface area contributed by atoms with Gasteiger partial charge in [0.15, 0.2) is 0 Å². The molecular weight excluding hydrogens is 316 g/mol. The van der Waals surface area contributed by atoms with Gasteiger partial charge in [0.25, 0.3) is 5.91 Å². The summed E-state index contributed by atoms with van der Waals surface area (Å²) in [5.74, 6) is -1.48. The van der Waals surface area contributed by atoms with Gasteiger partial charge >= 0.3 is 0 Å². The summed E-state index contributed by atoms with van der Waals surface area (Å²) in [6, 6.07) is 2.96. The number of nitrogens with one attached hydrogen (secondary N) is 1. The summed E-state index contributed by atoms with van der Waals surface area (Å²) < 4.78 is 26.2. The Morgan fingerprint density at radius 3 is 2.47 bits per heavy atom. The average Bonchev–Trinajstić information content (AvgIpc) is 2.38. The molecule has 1 aromatic rings. The molecule has 1 aliphatic carbocycles. The fraction of sp³-hybridized carbons (Fsp3) is 0.500. The summed E-state index contributed by atoms with van der Waals surface area (Å²) in [5.41, 5.74) is 0.0383. The van der Waals surface area contributed by atoms with Crippen LogP contribution in [0.15, 0.2) is 18.2 Å². The first kappa shape index (κ1) is 14.4. The molecule has 104 valence electrons. The molecule has 1 saturated carbocycles. The highest BCUT2D eigenvalue weighted by molar-refractivity contribution is 9.09. The van der Waals surface area contributed by atoms with Crippen LogP contribution in [0, 0.1) is 17.6 Å². The van der Waals surface area contributed by atoms with E-state index in [-0.39, 0.29) is 11.6 Å². The lowest BCUT2D eigenvalue weighted by Crippen LogP contribution is -2.42. The summed E-state index contributed by atoms with van der Waals surface area (Å²) in [5, 5.41) is 3.72. The molecule has 1 aromatic carbocycles. The van der Waals surface area contributed by atoms with E-state index in [0.717, 1.165) is 49.2 Å². The average molecular weight is 332 g/mol. The number of hydrogen-bond acceptors (Lipinski definition) is 1. The second-order valence-electron chi connectivity index (χ2n) is 4.94. The summed E-state index contributed by atoms with van der Waals surface area (Å²) >= 11 is 3.45. The van der Waals surface area contributed by atoms with E-state index in [0.29, 0.717) is 5.92 Å². The van der Waals surface area contributed by atoms with E-state index in [4.69, 9.17) is 0 Å². The number of alkyl halides is 1. The zero-order valence-electron chi connectivity index (χ0n) is 10.5. The largest absolute Gasteiger partial charge is 0.349 e. The van der Waals surface area contributed by atoms with Crippen LogP contribution in [0.4, 0.5) is 8.78 Å². The maximum Gasteiger partial charge on any atom is 0.251 e. The molecule has 1 N–H and O–H groups in total. The van der Waals surface area contributed by atoms with Crippen LogP contribution in [0.1, 0.15) is 36.0 Å². The number of carbonyl (C=O) groups is 1. The van der Waals surface area contributed by atoms with E-state index in [1.807, 2.05) is 0 Å². The Morgan fingerprint density at radius 2 is 1.84 bits per heavy atom. The SMILES string of the molecule is O=C(NC1CCCCC1CBr)c1cc(F)cc(F)c1. The van der Waals surface area contributed by atoms with Crippen molar-refractivity contribution >= 4 is 21.8 Å². The van der Waals surface area contributed by atoms with Crippen LogP contribution in [0.25, 0.3) is 0 Å². The molecule has 2 atom stereocenters. The van der Waals surface area contributed by atoms with Crippen LogP contribution < -0.4 is 5.32 Å². The number of carbonyl (C=O) groups excluding carboxylic acids is 1. The number of halogens is 3. The van der Waals surface area contributed by atoms with Gasteiger partial charge in [0.1, 0.15) is 11.6 Å². The Bertz CT molecular complexity index is 447. The van der Waals surface area contributed by atoms with Crippen LogP contribution in [0.2, 0.25) is 0 Å². The summed E-state index contributed by atoms with van der Waals surface area (Å²) in [6.45, 7) is 0. The van der Waals surface area contributed by atoms with Gasteiger partial charge in [-0.15, -0.1) is 0 Å². The van der Waals surface area contributed by atoms with Crippen molar-refractivity contribution in [2.24, 2.45) is 5.92 Å². The molecule has 1 aliphatic rings. The minimum absolute atomic E-state index is 0.0383. The Morgan fingerprint density at radius 1 is 1.21 bits per heavy atom. The van der Waals surface area contributed by atoms with Crippen molar-refractivity contribution in [2.75, 3.05) is 5.33 Å². The van der Waals surface area contributed by atoms with Crippen LogP contribution in [0.3, 0.4) is 0 Å². The third-order valence-corrected chi connectivity index (χ3v) is 4.38. The summed E-state index contributed by atoms with van der Waals surface area (Å²) in [7, 11) is 0. The molecule has 0 aromatic heterocycles. The molecule has 1 amide bonds. The van der Waals surface area contributed by atoms with Crippen LogP contribution >= 0.6 is 15.9 Å². The molecule has 2 nitrogen and oxygen atoms in total. The number of rotatable bonds is 3. The third-order valence-electron chi connectivity index (χ3n) is 3.55. The van der Waals surface area contributed by atoms with Gasteiger partial charge in [0.2, 0.25) is 0 Å². The molecule has 0 spiro atoms. The van der Waals surface area contributed by atoms with Gasteiger partial charge in [-0.1, -0.05) is 28.8 Å². The second kappa shape index (κ2) is 6.46. The normalized spacial score (nSPS) is 23.1. The molecular formula is C14H16BrF2NO. The highest BCUT2D eigenvalue weighted by Crippen LogP contribution is 2.26. The topological polar surface area (TPSA) is 29.1 Å². The minimum atomic E-state index is -0.731. The maximum absolute atomic E-state index is 13.1. The predicted octanol–water partition coefficient (Wildman–Crippen LogP) is 3.65. The lowest BCUT2D eigenvalue weighted by Gasteiger charge is -2.31. The maximum atomic E-state index is 13.1. The lowest BCUT2D eigenvalue weighted by molar-refractivity contribution is 0.0910. The highest BCUT2D eigenvalue weighted by atomic mass is 79.9. The monoisotopic (exact) mass is 331 g/mol. The summed E-state index contributed by atoms with van der Waals surface area (Å²) in [4.78, 5) is 12.0. The third kappa shape index (κ3) is 3.75. The van der Waals surface area contributed by atoms with E-state index < -0.39 is 17.5 Å². The van der Waals surface area contributed by atoms with E-state index >= 15 is 0 Å². The van der Waals surface area contributed by atoms with Crippen molar-refractivity contribution in [1.29, 1.82) is 0 Å². The Labute approximate surface area is 119 Å². The van der Waals surface area contributed by atoms with Crippen molar-refractivity contribution in [2.45, 2.75) is 31.7 Å². The Hall–Kier alpha value is -0.970. The van der Waals surface area contributed by atoms with Gasteiger partial charge < -0.3 is 5.32 Å². The van der Waals surface area contributed by atoms with Crippen molar-refractivity contribution in [1.82, 2.24) is 5.32 Å². The van der Waals surface area contributed by atoms with Gasteiger partial charge in [0.05, 0.1) is 0 Å². The van der Waals surface area contributed by atoms with E-state index in [1.54, 1.807) is 0 Å². The first-order chi connectivity index (χ1) is 9.10. The summed E-state index contributed by atoms with van der Waals surface area (Å²) in [6.07, 6.45) is 4.22. The quantitative estimate of drug-likeness (QED) is 0.841. The van der Waals surface area contributed by atoms with Gasteiger partial charge in [-0.3, -0.25) is 4.79 Å². The smallest absolute Gasteiger partial charge is 0.251 e. The van der Waals surface area contributed by atoms with Crippen LogP contribution in [-0.4, -0.2) is 17.3 Å². The van der Waals surface area contributed by atoms with E-state index in [9.17, 15) is 13.6 Å². The minimum Gasteiger partial charge on any atom is -0.349 e. The van der Waals surface area contributed by atoms with Crippen molar-refractivity contribution < 1.29 is 13.6 Å². The zero-order valence-corrected chi connectivity index (χ0v) is 12.1. The molecule has 2 unspecified atom stereocenters. The fourth-order valence-corrected chi connectivity index (χ4v) is 3.29. The van der Waals surface area contributed by atoms with Crippen molar-refractivity contribution in [3.8, 4) is 0 Å². The fourth-order valence-electron chi connectivity index (χ4n) is 2.52. The first-order valence-corrected chi connectivity index (χ1v) is 7.55. The van der Waals surface area contributed by atoms with Crippen molar-refractivity contribution in [3.05, 3.63) is 35.4 Å². The van der Waals surface area contributed by atoms with Gasteiger partial charge in [-0.2, -0.15) is 0 Å². The standard InChI is InChI=1S/C14H16BrF2NO/c15-8-9-3-1-2-4-13(9)18-14(19)10-5-11(16)7-12(17)6-10/h5-7,9,13H,1-4,8H2,(H,18,19). The van der Waals surface area contributed by atoms with Gasteiger partial charge in [0, 0.05) is 23.0 Å². The van der Waals surface area contributed by atoms with Crippen LogP contribution in [-0.2, 0) is 0 Å². The highest BCUT2D eigenvalue weighted by Gasteiger charge is 2.26. The first-order valence-electron chi connectivity index (χ1n) is 6.43. The Kier molecular flexibility index (Phi) is 4.91. The van der Waals surface area contributed by atoms with Gasteiger partial charge in [-0.05, 0) is 30.9 Å². The molecule has 0 bridgehead atoms. The second-order valence-corrected chi connectivity index (χ2v) is 5.58. The zero-order chi connectivity index (χ0) is 13.8. The number of benzene rings is 1. The van der Waals surface area contributed by atoms with E-state index in [1.165, 1.54) is 0 Å². The predicted molar refractivity (Wildman–Crippen MR) is 73.4 cm³/mol. The molecule has 1 fully saturated rings. The molecule has 2 rings (SSSR count). The molecule has 0 saturated heterocycles. The molecule has 0 radical (unpaired) electrons. The molecule has 5 heteroatoms. The van der Waals surface area contributed by atoms with Crippen molar-refractivity contribution in [3.63, 3.8) is 0 Å². The molecule has 0 aliphatic heterocycles. The Balaban J connectivity index is 2.07.